The average Bonchev–Trinajstić information content (AvgIpc) is 3.19. The molecule has 0 spiro atoms. The number of oxazole rings is 1. The van der Waals surface area contributed by atoms with Gasteiger partial charge in [0, 0.05) is 25.6 Å². The van der Waals surface area contributed by atoms with E-state index in [0.717, 1.165) is 18.4 Å². The summed E-state index contributed by atoms with van der Waals surface area (Å²) in [5.41, 5.74) is 1.20. The molecular weight excluding hydrogens is 387 g/mol. The van der Waals surface area contributed by atoms with Crippen molar-refractivity contribution in [3.05, 3.63) is 81.7 Å². The number of aromatic nitrogens is 3. The molecule has 0 unspecified atom stereocenters. The Bertz CT molecular complexity index is 1110. The van der Waals surface area contributed by atoms with Crippen LogP contribution in [0.3, 0.4) is 0 Å². The second-order valence-corrected chi connectivity index (χ2v) is 7.62. The van der Waals surface area contributed by atoms with Crippen molar-refractivity contribution in [2.24, 2.45) is 0 Å². The largest absolute Gasteiger partial charge is 0.445 e. The number of carbonyl (C=O) groups is 1. The smallest absolute Gasteiger partial charge is 0.267 e. The zero-order valence-electron chi connectivity index (χ0n) is 16.8. The second kappa shape index (κ2) is 8.61. The van der Waals surface area contributed by atoms with Crippen LogP contribution in [0.2, 0.25) is 0 Å². The van der Waals surface area contributed by atoms with Gasteiger partial charge in [-0.1, -0.05) is 12.1 Å². The van der Waals surface area contributed by atoms with Crippen LogP contribution in [0.4, 0.5) is 4.39 Å². The minimum absolute atomic E-state index is 0.00819. The first-order valence-corrected chi connectivity index (χ1v) is 9.99. The Balaban J connectivity index is 1.41. The molecule has 1 aliphatic heterocycles. The molecule has 1 saturated heterocycles. The van der Waals surface area contributed by atoms with E-state index in [2.05, 4.69) is 10.1 Å². The molecule has 2 aromatic heterocycles. The number of benzene rings is 1. The van der Waals surface area contributed by atoms with Crippen LogP contribution in [0.15, 0.2) is 51.8 Å². The van der Waals surface area contributed by atoms with Gasteiger partial charge in [-0.25, -0.2) is 14.1 Å². The monoisotopic (exact) mass is 410 g/mol. The topological polar surface area (TPSA) is 81.2 Å². The van der Waals surface area contributed by atoms with Gasteiger partial charge in [0.1, 0.15) is 18.1 Å². The van der Waals surface area contributed by atoms with E-state index in [1.165, 1.54) is 22.9 Å². The average molecular weight is 410 g/mol. The van der Waals surface area contributed by atoms with Crippen LogP contribution in [0.1, 0.15) is 41.7 Å². The first-order valence-electron chi connectivity index (χ1n) is 9.99. The summed E-state index contributed by atoms with van der Waals surface area (Å²) in [6, 6.07) is 9.44. The van der Waals surface area contributed by atoms with Gasteiger partial charge in [0.05, 0.1) is 17.8 Å². The quantitative estimate of drug-likeness (QED) is 0.646. The van der Waals surface area contributed by atoms with E-state index >= 15 is 0 Å². The van der Waals surface area contributed by atoms with E-state index in [-0.39, 0.29) is 29.7 Å². The van der Waals surface area contributed by atoms with Crippen molar-refractivity contribution < 1.29 is 13.6 Å². The highest BCUT2D eigenvalue weighted by molar-refractivity contribution is 5.76. The summed E-state index contributed by atoms with van der Waals surface area (Å²) >= 11 is 0. The fraction of sp³-hybridized carbons (Fsp3) is 0.364. The van der Waals surface area contributed by atoms with Gasteiger partial charge in [-0.05, 0) is 43.5 Å². The molecule has 0 saturated carbocycles. The molecule has 7 nitrogen and oxygen atoms in total. The molecule has 156 valence electrons. The number of hydrogen-bond acceptors (Lipinski definition) is 5. The minimum atomic E-state index is -0.294. The number of hydrogen-bond donors (Lipinski definition) is 0. The Morgan fingerprint density at radius 3 is 3.00 bits per heavy atom. The summed E-state index contributed by atoms with van der Waals surface area (Å²) in [6.45, 7) is 2.82. The maximum atomic E-state index is 13.4. The summed E-state index contributed by atoms with van der Waals surface area (Å²) < 4.78 is 20.5. The van der Waals surface area contributed by atoms with E-state index in [4.69, 9.17) is 4.42 Å². The molecule has 1 aromatic carbocycles. The van der Waals surface area contributed by atoms with Gasteiger partial charge in [0.25, 0.3) is 5.56 Å². The summed E-state index contributed by atoms with van der Waals surface area (Å²) in [5, 5.41) is 4.13. The van der Waals surface area contributed by atoms with Crippen LogP contribution in [-0.4, -0.2) is 38.7 Å². The van der Waals surface area contributed by atoms with Crippen molar-refractivity contribution in [1.82, 2.24) is 19.7 Å². The number of aryl methyl sites for hydroxylation is 1. The van der Waals surface area contributed by atoms with Crippen molar-refractivity contribution in [3.63, 3.8) is 0 Å². The number of piperidine rings is 1. The number of rotatable bonds is 5. The number of nitrogens with zero attached hydrogens (tertiary/aromatic N) is 4. The fourth-order valence-corrected chi connectivity index (χ4v) is 3.74. The lowest BCUT2D eigenvalue weighted by Crippen LogP contribution is -2.42. The zero-order valence-corrected chi connectivity index (χ0v) is 16.8. The molecule has 3 aromatic rings. The summed E-state index contributed by atoms with van der Waals surface area (Å²) in [6.07, 6.45) is 3.82. The van der Waals surface area contributed by atoms with Crippen molar-refractivity contribution in [1.29, 1.82) is 0 Å². The lowest BCUT2D eigenvalue weighted by atomic mass is 9.98. The SMILES string of the molecule is Cc1ccc(=O)n(CC(=O)N2CCC[C@H](c3ncc(Cc4cccc(F)c4)o3)C2)n1. The van der Waals surface area contributed by atoms with E-state index < -0.39 is 0 Å². The normalized spacial score (nSPS) is 16.6. The number of likely N-dealkylation sites (tertiary alicyclic amines) is 1. The molecule has 3 heterocycles. The molecule has 8 heteroatoms. The Morgan fingerprint density at radius 2 is 2.17 bits per heavy atom. The van der Waals surface area contributed by atoms with Crippen LogP contribution < -0.4 is 5.56 Å². The third-order valence-electron chi connectivity index (χ3n) is 5.25. The maximum Gasteiger partial charge on any atom is 0.267 e. The van der Waals surface area contributed by atoms with Gasteiger partial charge in [-0.3, -0.25) is 9.59 Å². The first-order chi connectivity index (χ1) is 14.5. The Morgan fingerprint density at radius 1 is 1.30 bits per heavy atom. The van der Waals surface area contributed by atoms with Crippen molar-refractivity contribution >= 4 is 5.91 Å². The van der Waals surface area contributed by atoms with Crippen molar-refractivity contribution in [2.75, 3.05) is 13.1 Å². The molecule has 1 amide bonds. The molecule has 0 bridgehead atoms. The number of carbonyl (C=O) groups excluding carboxylic acids is 1. The molecule has 0 radical (unpaired) electrons. The van der Waals surface area contributed by atoms with E-state index in [9.17, 15) is 14.0 Å². The van der Waals surface area contributed by atoms with Gasteiger partial charge in [-0.2, -0.15) is 5.10 Å². The van der Waals surface area contributed by atoms with Gasteiger partial charge in [0.15, 0.2) is 5.89 Å². The third-order valence-corrected chi connectivity index (χ3v) is 5.25. The maximum absolute atomic E-state index is 13.4. The zero-order chi connectivity index (χ0) is 21.1. The summed E-state index contributed by atoms with van der Waals surface area (Å²) in [4.78, 5) is 30.8. The van der Waals surface area contributed by atoms with Crippen LogP contribution in [0.5, 0.6) is 0 Å². The summed E-state index contributed by atoms with van der Waals surface area (Å²) in [7, 11) is 0. The van der Waals surface area contributed by atoms with E-state index in [1.54, 1.807) is 30.2 Å². The molecule has 30 heavy (non-hydrogen) atoms. The molecule has 1 atom stereocenters. The predicted octanol–water partition coefficient (Wildman–Crippen LogP) is 2.68. The first kappa shape index (κ1) is 20.0. The molecule has 4 rings (SSSR count). The highest BCUT2D eigenvalue weighted by atomic mass is 19.1. The van der Waals surface area contributed by atoms with Crippen molar-refractivity contribution in [3.8, 4) is 0 Å². The van der Waals surface area contributed by atoms with Gasteiger partial charge in [0.2, 0.25) is 5.91 Å². The lowest BCUT2D eigenvalue weighted by molar-refractivity contribution is -0.133. The highest BCUT2D eigenvalue weighted by Crippen LogP contribution is 2.27. The van der Waals surface area contributed by atoms with Gasteiger partial charge >= 0.3 is 0 Å². The van der Waals surface area contributed by atoms with Crippen LogP contribution in [-0.2, 0) is 17.8 Å². The standard InChI is InChI=1S/C22H23FN4O3/c1-15-7-8-20(28)27(25-15)14-21(29)26-9-3-5-17(13-26)22-24-12-19(30-22)11-16-4-2-6-18(23)10-16/h2,4,6-8,10,12,17H,3,5,9,11,13-14H2,1H3/t17-/m0/s1. The van der Waals surface area contributed by atoms with Crippen LogP contribution in [0, 0.1) is 12.7 Å². The second-order valence-electron chi connectivity index (χ2n) is 7.62. The Hall–Kier alpha value is -3.29. The van der Waals surface area contributed by atoms with Crippen LogP contribution >= 0.6 is 0 Å². The minimum Gasteiger partial charge on any atom is -0.445 e. The Labute approximate surface area is 173 Å². The Kier molecular flexibility index (Phi) is 5.74. The number of halogens is 1. The third kappa shape index (κ3) is 4.64. The van der Waals surface area contributed by atoms with Gasteiger partial charge < -0.3 is 9.32 Å². The fourth-order valence-electron chi connectivity index (χ4n) is 3.74. The van der Waals surface area contributed by atoms with E-state index in [1.807, 2.05) is 6.07 Å². The van der Waals surface area contributed by atoms with Crippen LogP contribution in [0.25, 0.3) is 0 Å². The molecule has 1 fully saturated rings. The van der Waals surface area contributed by atoms with Gasteiger partial charge in [-0.15, -0.1) is 0 Å². The highest BCUT2D eigenvalue weighted by Gasteiger charge is 2.28. The molecule has 0 N–H and O–H groups in total. The molecule has 0 aliphatic carbocycles. The summed E-state index contributed by atoms with van der Waals surface area (Å²) in [5.74, 6) is 0.813. The van der Waals surface area contributed by atoms with Crippen molar-refractivity contribution in [2.45, 2.75) is 38.6 Å². The predicted molar refractivity (Wildman–Crippen MR) is 107 cm³/mol. The number of amides is 1. The lowest BCUT2D eigenvalue weighted by Gasteiger charge is -2.31. The molecule has 1 aliphatic rings. The van der Waals surface area contributed by atoms with E-state index in [0.29, 0.717) is 36.9 Å². The molecular formula is C22H23FN4O3.